The van der Waals surface area contributed by atoms with E-state index in [9.17, 15) is 29.1 Å². The number of nitrogens with two attached hydrogens (primary N) is 1. The van der Waals surface area contributed by atoms with Gasteiger partial charge < -0.3 is 40.4 Å². The first-order valence-corrected chi connectivity index (χ1v) is 16.8. The molecule has 0 radical (unpaired) electrons. The second-order valence-corrected chi connectivity index (χ2v) is 12.7. The van der Waals surface area contributed by atoms with Gasteiger partial charge in [-0.25, -0.2) is 9.59 Å². The summed E-state index contributed by atoms with van der Waals surface area (Å²) in [6.07, 6.45) is 3.43. The molecule has 3 rings (SSSR count). The molecule has 5 N–H and O–H groups in total. The number of methoxy groups -OCH3 is 2. The van der Waals surface area contributed by atoms with Crippen LogP contribution in [0.1, 0.15) is 63.4 Å². The van der Waals surface area contributed by atoms with Gasteiger partial charge in [0, 0.05) is 43.9 Å². The maximum absolute atomic E-state index is 13.9. The quantitative estimate of drug-likeness (QED) is 0.175. The van der Waals surface area contributed by atoms with Crippen LogP contribution in [-0.2, 0) is 39.9 Å². The first-order valence-electron chi connectivity index (χ1n) is 16.8. The van der Waals surface area contributed by atoms with Crippen LogP contribution < -0.4 is 16.4 Å². The molecule has 1 aromatic rings. The van der Waals surface area contributed by atoms with Crippen LogP contribution in [0, 0.1) is 11.8 Å². The van der Waals surface area contributed by atoms with Crippen LogP contribution in [0.25, 0.3) is 0 Å². The van der Waals surface area contributed by atoms with Gasteiger partial charge in [-0.3, -0.25) is 14.4 Å². The Labute approximate surface area is 298 Å². The molecule has 0 unspecified atom stereocenters. The summed E-state index contributed by atoms with van der Waals surface area (Å²) < 4.78 is 21.7. The molecule has 2 aliphatic rings. The number of nitrogens with one attached hydrogen (secondary N) is 2. The van der Waals surface area contributed by atoms with Gasteiger partial charge in [0.25, 0.3) is 5.91 Å². The molecule has 1 aromatic carbocycles. The minimum absolute atomic E-state index is 0.0907. The Hall–Kier alpha value is -4.85. The normalized spacial score (nSPS) is 28.0. The average Bonchev–Trinajstić information content (AvgIpc) is 3.09. The van der Waals surface area contributed by atoms with Gasteiger partial charge in [0.05, 0.1) is 35.8 Å². The molecule has 0 saturated heterocycles. The van der Waals surface area contributed by atoms with E-state index in [2.05, 4.69) is 10.6 Å². The Bertz CT molecular complexity index is 1620. The van der Waals surface area contributed by atoms with Crippen LogP contribution in [0.4, 0.5) is 4.79 Å². The van der Waals surface area contributed by atoms with E-state index in [1.165, 1.54) is 33.3 Å². The predicted molar refractivity (Wildman–Crippen MR) is 189 cm³/mol. The first kappa shape index (κ1) is 40.6. The van der Waals surface area contributed by atoms with Crippen LogP contribution in [-0.4, -0.2) is 79.9 Å². The van der Waals surface area contributed by atoms with Gasteiger partial charge in [-0.2, -0.15) is 0 Å². The molecule has 1 aliphatic carbocycles. The number of hydrogen-bond acceptors (Lipinski definition) is 11. The number of ether oxygens (including phenoxy) is 4. The lowest BCUT2D eigenvalue weighted by molar-refractivity contribution is -0.120. The van der Waals surface area contributed by atoms with Crippen molar-refractivity contribution in [1.82, 2.24) is 10.6 Å². The Morgan fingerprint density at radius 2 is 1.75 bits per heavy atom. The molecule has 0 spiro atoms. The van der Waals surface area contributed by atoms with Gasteiger partial charge in [0.2, 0.25) is 11.6 Å². The Balaban J connectivity index is 2.02. The summed E-state index contributed by atoms with van der Waals surface area (Å²) in [5, 5.41) is 17.1. The van der Waals surface area contributed by atoms with Crippen molar-refractivity contribution in [3.63, 3.8) is 0 Å². The number of allylic oxidation sites excluding steroid dienone is 4. The lowest BCUT2D eigenvalue weighted by atomic mass is 9.85. The number of primary amides is 1. The number of carbonyl (C=O) groups is 5. The second-order valence-electron chi connectivity index (χ2n) is 12.7. The van der Waals surface area contributed by atoms with Crippen molar-refractivity contribution in [3.05, 3.63) is 93.9 Å². The van der Waals surface area contributed by atoms with Crippen molar-refractivity contribution in [2.45, 2.75) is 78.4 Å². The third-order valence-electron chi connectivity index (χ3n) is 8.73. The molecule has 6 atom stereocenters. The minimum Gasteiger partial charge on any atom is -0.462 e. The zero-order valence-electron chi connectivity index (χ0n) is 30.2. The molecule has 51 heavy (non-hydrogen) atoms. The van der Waals surface area contributed by atoms with Crippen LogP contribution >= 0.6 is 0 Å². The number of rotatable bonds is 8. The minimum atomic E-state index is -1.02. The SMILES string of the molecule is CCOC(=O)c1ccc(CNC2=C3C[C@@H](C)C[C@H](OC)[C@H](O)[C@@H](C)/C=C(\C)[C@H](OC(N)=O)[C@@H](OC)/C=C\C=C(/C)C(=O)NC(=CC2=O)C3=O)cc1. The molecule has 2 bridgehead atoms. The lowest BCUT2D eigenvalue weighted by Gasteiger charge is -2.30. The molecule has 0 aromatic heterocycles. The van der Waals surface area contributed by atoms with E-state index in [1.54, 1.807) is 57.2 Å². The van der Waals surface area contributed by atoms with Crippen molar-refractivity contribution >= 4 is 29.5 Å². The van der Waals surface area contributed by atoms with Crippen molar-refractivity contribution in [2.75, 3.05) is 20.8 Å². The van der Waals surface area contributed by atoms with Crippen molar-refractivity contribution in [3.8, 4) is 0 Å². The summed E-state index contributed by atoms with van der Waals surface area (Å²) in [6.45, 7) is 9.07. The fraction of sp³-hybridized carbons (Fsp3) is 0.447. The van der Waals surface area contributed by atoms with Crippen molar-refractivity contribution in [1.29, 1.82) is 0 Å². The van der Waals surface area contributed by atoms with E-state index < -0.39 is 59.9 Å². The highest BCUT2D eigenvalue weighted by Crippen LogP contribution is 2.29. The number of fused-ring (bicyclic) bond motifs is 2. The molecule has 1 aliphatic heterocycles. The number of carbonyl (C=O) groups excluding carboxylic acids is 5. The molecule has 1 heterocycles. The molecule has 13 heteroatoms. The summed E-state index contributed by atoms with van der Waals surface area (Å²) in [4.78, 5) is 64.6. The molecule has 0 fully saturated rings. The molecule has 13 nitrogen and oxygen atoms in total. The number of aliphatic hydroxyl groups is 1. The van der Waals surface area contributed by atoms with Crippen molar-refractivity contribution < 1.29 is 48.0 Å². The van der Waals surface area contributed by atoms with Crippen LogP contribution in [0.2, 0.25) is 0 Å². The van der Waals surface area contributed by atoms with E-state index in [4.69, 9.17) is 24.7 Å². The zero-order chi connectivity index (χ0) is 37.8. The number of ketones is 2. The number of amides is 2. The van der Waals surface area contributed by atoms with Gasteiger partial charge in [-0.15, -0.1) is 0 Å². The summed E-state index contributed by atoms with van der Waals surface area (Å²) >= 11 is 0. The molecule has 276 valence electrons. The van der Waals surface area contributed by atoms with Crippen LogP contribution in [0.15, 0.2) is 82.8 Å². The number of Topliss-reactive ketones (excluding diaryl/α,β-unsaturated/α-hetero) is 1. The van der Waals surface area contributed by atoms with Crippen LogP contribution in [0.3, 0.4) is 0 Å². The smallest absolute Gasteiger partial charge is 0.405 e. The molecule has 0 saturated carbocycles. The largest absolute Gasteiger partial charge is 0.462 e. The number of esters is 1. The highest BCUT2D eigenvalue weighted by Gasteiger charge is 2.33. The predicted octanol–water partition coefficient (Wildman–Crippen LogP) is 3.73. The van der Waals surface area contributed by atoms with Crippen LogP contribution in [0.5, 0.6) is 0 Å². The average molecular weight is 708 g/mol. The maximum atomic E-state index is 13.9. The molecule has 2 amide bonds. The van der Waals surface area contributed by atoms with E-state index in [1.807, 2.05) is 6.92 Å². The third kappa shape index (κ3) is 11.1. The van der Waals surface area contributed by atoms with Gasteiger partial charge in [0.1, 0.15) is 6.10 Å². The summed E-state index contributed by atoms with van der Waals surface area (Å²) in [5.41, 5.74) is 7.38. The fourth-order valence-corrected chi connectivity index (χ4v) is 5.94. The van der Waals surface area contributed by atoms with E-state index in [0.29, 0.717) is 17.6 Å². The van der Waals surface area contributed by atoms with Gasteiger partial charge >= 0.3 is 12.1 Å². The van der Waals surface area contributed by atoms with Gasteiger partial charge in [-0.1, -0.05) is 50.3 Å². The maximum Gasteiger partial charge on any atom is 0.405 e. The number of hydrogen-bond donors (Lipinski definition) is 4. The zero-order valence-corrected chi connectivity index (χ0v) is 30.2. The van der Waals surface area contributed by atoms with Gasteiger partial charge in [0.15, 0.2) is 6.10 Å². The standard InChI is InChI=1S/C38H49N3O10/c1-8-50-37(46)26-14-12-25(13-15-26)20-40-32-27-16-21(2)17-31(49-7)33(43)23(4)18-24(5)35(51-38(39)47)30(48-6)11-9-10-22(3)36(45)41-28(34(27)44)19-29(32)42/h9-15,18-19,21,23,30-31,33,35,40,43H,8,16-17,20H2,1-7H3,(H2,39,47)(H,41,45)/b11-9-,22-10+,24-18+/t21-,23+,30+,31+,33-,35+/m1/s1. The second kappa shape index (κ2) is 18.9. The first-order chi connectivity index (χ1) is 24.2. The molecular formula is C38H49N3O10. The summed E-state index contributed by atoms with van der Waals surface area (Å²) in [5.74, 6) is -2.83. The molecular weight excluding hydrogens is 658 g/mol. The lowest BCUT2D eigenvalue weighted by Crippen LogP contribution is -2.37. The van der Waals surface area contributed by atoms with Gasteiger partial charge in [-0.05, 0) is 62.8 Å². The highest BCUT2D eigenvalue weighted by molar-refractivity contribution is 6.23. The highest BCUT2D eigenvalue weighted by atomic mass is 16.6. The summed E-state index contributed by atoms with van der Waals surface area (Å²) in [6, 6.07) is 6.68. The summed E-state index contributed by atoms with van der Waals surface area (Å²) in [7, 11) is 2.90. The number of benzene rings is 1. The van der Waals surface area contributed by atoms with E-state index in [0.717, 1.165) is 11.6 Å². The fourth-order valence-electron chi connectivity index (χ4n) is 5.94. The number of aliphatic hydroxyl groups excluding tert-OH is 1. The Morgan fingerprint density at radius 1 is 1.06 bits per heavy atom. The van der Waals surface area contributed by atoms with E-state index >= 15 is 0 Å². The third-order valence-corrected chi connectivity index (χ3v) is 8.73. The Morgan fingerprint density at radius 3 is 2.35 bits per heavy atom. The monoisotopic (exact) mass is 707 g/mol. The Kier molecular flexibility index (Phi) is 15.1. The van der Waals surface area contributed by atoms with Crippen molar-refractivity contribution in [2.24, 2.45) is 17.6 Å². The van der Waals surface area contributed by atoms with E-state index in [-0.39, 0.29) is 48.0 Å². The topological polar surface area (TPSA) is 193 Å².